The summed E-state index contributed by atoms with van der Waals surface area (Å²) in [7, 11) is 0. The first-order valence-corrected chi connectivity index (χ1v) is 4.36. The Morgan fingerprint density at radius 3 is 3.07 bits per heavy atom. The lowest BCUT2D eigenvalue weighted by atomic mass is 10.3. The van der Waals surface area contributed by atoms with Gasteiger partial charge in [0.05, 0.1) is 12.3 Å². The van der Waals surface area contributed by atoms with Crippen LogP contribution < -0.4 is 0 Å². The molecule has 0 aliphatic heterocycles. The fourth-order valence-corrected chi connectivity index (χ4v) is 1.04. The summed E-state index contributed by atoms with van der Waals surface area (Å²) in [6.07, 6.45) is 5.51. The molecule has 0 aliphatic rings. The van der Waals surface area contributed by atoms with Gasteiger partial charge in [-0.25, -0.2) is 4.98 Å². The minimum atomic E-state index is 0.363. The van der Waals surface area contributed by atoms with Crippen LogP contribution in [0, 0.1) is 11.3 Å². The van der Waals surface area contributed by atoms with E-state index in [1.165, 1.54) is 0 Å². The molecular weight excluding hydrogens is 194 g/mol. The largest absolute Gasteiger partial charge is 0.339 e. The molecule has 0 aliphatic carbocycles. The van der Waals surface area contributed by atoms with Gasteiger partial charge in [-0.3, -0.25) is 4.98 Å². The van der Waals surface area contributed by atoms with Crippen molar-refractivity contribution in [2.24, 2.45) is 0 Å². The Hall–Kier alpha value is -2.29. The predicted molar refractivity (Wildman–Crippen MR) is 49.3 cm³/mol. The lowest BCUT2D eigenvalue weighted by Crippen LogP contribution is -1.87. The van der Waals surface area contributed by atoms with E-state index in [1.54, 1.807) is 18.6 Å². The molecule has 0 saturated carbocycles. The molecule has 0 fully saturated rings. The molecule has 2 aromatic rings. The Kier molecular flexibility index (Phi) is 2.65. The van der Waals surface area contributed by atoms with Gasteiger partial charge >= 0.3 is 0 Å². The van der Waals surface area contributed by atoms with Crippen LogP contribution in [0.4, 0.5) is 0 Å². The molecule has 74 valence electrons. The van der Waals surface area contributed by atoms with Crippen LogP contribution in [0.3, 0.4) is 0 Å². The normalized spacial score (nSPS) is 9.80. The number of aromatic nitrogens is 4. The molecule has 0 unspecified atom stereocenters. The second-order valence-corrected chi connectivity index (χ2v) is 2.76. The zero-order valence-electron chi connectivity index (χ0n) is 7.79. The molecule has 6 nitrogen and oxygen atoms in total. The highest BCUT2D eigenvalue weighted by atomic mass is 16.5. The lowest BCUT2D eigenvalue weighted by molar-refractivity contribution is 0.380. The molecule has 6 heteroatoms. The van der Waals surface area contributed by atoms with Crippen LogP contribution in [0.15, 0.2) is 23.1 Å². The highest BCUT2D eigenvalue weighted by molar-refractivity contribution is 5.45. The monoisotopic (exact) mass is 201 g/mol. The molecule has 0 aromatic carbocycles. The van der Waals surface area contributed by atoms with Crippen molar-refractivity contribution < 1.29 is 4.52 Å². The van der Waals surface area contributed by atoms with E-state index in [0.29, 0.717) is 30.3 Å². The summed E-state index contributed by atoms with van der Waals surface area (Å²) in [5.41, 5.74) is 0.560. The maximum Gasteiger partial charge on any atom is 0.228 e. The molecule has 2 aromatic heterocycles. The van der Waals surface area contributed by atoms with Gasteiger partial charge in [0, 0.05) is 25.2 Å². The smallest absolute Gasteiger partial charge is 0.228 e. The first-order chi connectivity index (χ1) is 7.40. The van der Waals surface area contributed by atoms with Crippen molar-refractivity contribution in [1.82, 2.24) is 20.1 Å². The second-order valence-electron chi connectivity index (χ2n) is 2.76. The first-order valence-electron chi connectivity index (χ1n) is 4.36. The van der Waals surface area contributed by atoms with Crippen molar-refractivity contribution in [2.45, 2.75) is 12.8 Å². The van der Waals surface area contributed by atoms with E-state index in [-0.39, 0.29) is 0 Å². The number of nitrogens with zero attached hydrogens (tertiary/aromatic N) is 5. The molecule has 15 heavy (non-hydrogen) atoms. The number of aryl methyl sites for hydroxylation is 1. The quantitative estimate of drug-likeness (QED) is 0.735. The summed E-state index contributed by atoms with van der Waals surface area (Å²) >= 11 is 0. The molecule has 2 heterocycles. The fraction of sp³-hybridized carbons (Fsp3) is 0.222. The van der Waals surface area contributed by atoms with Crippen molar-refractivity contribution in [3.8, 4) is 17.6 Å². The Morgan fingerprint density at radius 2 is 2.33 bits per heavy atom. The molecule has 2 rings (SSSR count). The number of rotatable bonds is 3. The van der Waals surface area contributed by atoms with Crippen molar-refractivity contribution in [2.75, 3.05) is 0 Å². The fourth-order valence-electron chi connectivity index (χ4n) is 1.04. The van der Waals surface area contributed by atoms with E-state index < -0.39 is 0 Å². The Morgan fingerprint density at radius 1 is 1.40 bits per heavy atom. The van der Waals surface area contributed by atoms with Crippen LogP contribution in [-0.4, -0.2) is 20.1 Å². The predicted octanol–water partition coefficient (Wildman–Crippen LogP) is 0.983. The van der Waals surface area contributed by atoms with E-state index in [9.17, 15) is 0 Å². The average Bonchev–Trinajstić information content (AvgIpc) is 2.76. The lowest BCUT2D eigenvalue weighted by Gasteiger charge is -1.88. The van der Waals surface area contributed by atoms with Gasteiger partial charge in [-0.1, -0.05) is 5.16 Å². The Balaban J connectivity index is 2.18. The third-order valence-corrected chi connectivity index (χ3v) is 1.71. The van der Waals surface area contributed by atoms with Gasteiger partial charge < -0.3 is 4.52 Å². The summed E-state index contributed by atoms with van der Waals surface area (Å²) in [6, 6.07) is 2.01. The maximum absolute atomic E-state index is 8.39. The molecule has 0 radical (unpaired) electrons. The Labute approximate surface area is 85.6 Å². The van der Waals surface area contributed by atoms with Gasteiger partial charge in [-0.15, -0.1) is 0 Å². The van der Waals surface area contributed by atoms with Gasteiger partial charge in [-0.2, -0.15) is 10.2 Å². The van der Waals surface area contributed by atoms with E-state index >= 15 is 0 Å². The van der Waals surface area contributed by atoms with Crippen molar-refractivity contribution in [1.29, 1.82) is 5.26 Å². The van der Waals surface area contributed by atoms with Crippen molar-refractivity contribution >= 4 is 0 Å². The zero-order valence-corrected chi connectivity index (χ0v) is 7.79. The maximum atomic E-state index is 8.39. The van der Waals surface area contributed by atoms with Crippen LogP contribution in [0.25, 0.3) is 11.5 Å². The van der Waals surface area contributed by atoms with E-state index in [4.69, 9.17) is 9.78 Å². The van der Waals surface area contributed by atoms with E-state index in [0.717, 1.165) is 0 Å². The van der Waals surface area contributed by atoms with E-state index in [2.05, 4.69) is 20.1 Å². The topological polar surface area (TPSA) is 88.5 Å². The third kappa shape index (κ3) is 2.14. The van der Waals surface area contributed by atoms with Gasteiger partial charge in [-0.05, 0) is 0 Å². The highest BCUT2D eigenvalue weighted by Crippen LogP contribution is 2.11. The molecule has 0 spiro atoms. The number of nitriles is 1. The molecule has 0 atom stereocenters. The minimum Gasteiger partial charge on any atom is -0.339 e. The summed E-state index contributed by atoms with van der Waals surface area (Å²) in [5.74, 6) is 0.841. The third-order valence-electron chi connectivity index (χ3n) is 1.71. The zero-order chi connectivity index (χ0) is 10.5. The summed E-state index contributed by atoms with van der Waals surface area (Å²) < 4.78 is 4.94. The van der Waals surface area contributed by atoms with Crippen molar-refractivity contribution in [3.63, 3.8) is 0 Å². The van der Waals surface area contributed by atoms with Gasteiger partial charge in [0.2, 0.25) is 11.7 Å². The average molecular weight is 201 g/mol. The standard InChI is InChI=1S/C9H7N5O/c10-3-1-2-8-13-9(14-15-8)7-6-11-4-5-12-7/h4-6H,1-2H2. The molecule has 0 N–H and O–H groups in total. The SMILES string of the molecule is N#CCCc1nc(-c2cnccn2)no1. The summed E-state index contributed by atoms with van der Waals surface area (Å²) in [4.78, 5) is 12.0. The van der Waals surface area contributed by atoms with Crippen LogP contribution in [0.5, 0.6) is 0 Å². The van der Waals surface area contributed by atoms with Crippen LogP contribution in [0.2, 0.25) is 0 Å². The highest BCUT2D eigenvalue weighted by Gasteiger charge is 2.08. The molecule has 0 amide bonds. The second kappa shape index (κ2) is 4.28. The van der Waals surface area contributed by atoms with E-state index in [1.807, 2.05) is 6.07 Å². The number of hydrogen-bond acceptors (Lipinski definition) is 6. The number of hydrogen-bond donors (Lipinski definition) is 0. The van der Waals surface area contributed by atoms with Crippen LogP contribution >= 0.6 is 0 Å². The van der Waals surface area contributed by atoms with Crippen LogP contribution in [0.1, 0.15) is 12.3 Å². The first kappa shape index (κ1) is 9.27. The van der Waals surface area contributed by atoms with Crippen LogP contribution in [-0.2, 0) is 6.42 Å². The summed E-state index contributed by atoms with van der Waals surface area (Å²) in [6.45, 7) is 0. The molecule has 0 saturated heterocycles. The van der Waals surface area contributed by atoms with Gasteiger partial charge in [0.25, 0.3) is 0 Å². The minimum absolute atomic E-state index is 0.363. The van der Waals surface area contributed by atoms with Gasteiger partial charge in [0.1, 0.15) is 5.69 Å². The Bertz CT molecular complexity index is 473. The van der Waals surface area contributed by atoms with Gasteiger partial charge in [0.15, 0.2) is 0 Å². The summed E-state index contributed by atoms with van der Waals surface area (Å²) in [5, 5.41) is 12.1. The van der Waals surface area contributed by atoms with Crippen molar-refractivity contribution in [3.05, 3.63) is 24.5 Å². The molecule has 0 bridgehead atoms. The molecular formula is C9H7N5O.